The highest BCUT2D eigenvalue weighted by Crippen LogP contribution is 2.57. The van der Waals surface area contributed by atoms with E-state index in [0.717, 1.165) is 24.1 Å². The van der Waals surface area contributed by atoms with E-state index in [2.05, 4.69) is 9.97 Å². The van der Waals surface area contributed by atoms with Crippen LogP contribution in [0.4, 0.5) is 5.69 Å². The van der Waals surface area contributed by atoms with Crippen LogP contribution in [0.5, 0.6) is 0 Å². The third-order valence-electron chi connectivity index (χ3n) is 6.45. The number of nitrogens with zero attached hydrogens (tertiary/aromatic N) is 5. The van der Waals surface area contributed by atoms with Gasteiger partial charge < -0.3 is 9.47 Å². The summed E-state index contributed by atoms with van der Waals surface area (Å²) in [7, 11) is -3.10. The van der Waals surface area contributed by atoms with E-state index < -0.39 is 15.3 Å². The second-order valence-electron chi connectivity index (χ2n) is 8.32. The minimum absolute atomic E-state index is 0.0474. The first kappa shape index (κ1) is 18.3. The van der Waals surface area contributed by atoms with Crippen LogP contribution in [0.3, 0.4) is 0 Å². The molecule has 1 aliphatic carbocycles. The number of imidazole rings is 1. The second kappa shape index (κ2) is 6.01. The molecular weight excluding hydrogens is 426 g/mol. The molecule has 1 saturated heterocycles. The van der Waals surface area contributed by atoms with Crippen molar-refractivity contribution in [3.63, 3.8) is 0 Å². The zero-order valence-electron chi connectivity index (χ0n) is 16.0. The summed E-state index contributed by atoms with van der Waals surface area (Å²) in [5, 5.41) is 0.460. The van der Waals surface area contributed by atoms with Crippen molar-refractivity contribution in [3.05, 3.63) is 47.1 Å². The Bertz CT molecular complexity index is 1330. The first-order chi connectivity index (χ1) is 14.4. The van der Waals surface area contributed by atoms with Gasteiger partial charge in [0, 0.05) is 12.4 Å². The smallest absolute Gasteiger partial charge is 0.238 e. The van der Waals surface area contributed by atoms with Gasteiger partial charge in [0.2, 0.25) is 5.91 Å². The number of aromatic nitrogens is 4. The Labute approximate surface area is 177 Å². The lowest BCUT2D eigenvalue weighted by Crippen LogP contribution is -2.33. The van der Waals surface area contributed by atoms with Gasteiger partial charge >= 0.3 is 0 Å². The average molecular weight is 444 g/mol. The Kier molecular flexibility index (Phi) is 3.66. The maximum Gasteiger partial charge on any atom is 0.238 e. The van der Waals surface area contributed by atoms with Crippen LogP contribution in [-0.2, 0) is 26.6 Å². The van der Waals surface area contributed by atoms with Gasteiger partial charge in [0.25, 0.3) is 0 Å². The molecule has 30 heavy (non-hydrogen) atoms. The van der Waals surface area contributed by atoms with Gasteiger partial charge in [-0.25, -0.2) is 18.4 Å². The number of rotatable bonds is 3. The molecule has 0 aromatic carbocycles. The number of fused-ring (bicyclic) bond motifs is 3. The summed E-state index contributed by atoms with van der Waals surface area (Å²) < 4.78 is 26.2. The summed E-state index contributed by atoms with van der Waals surface area (Å²) >= 11 is 6.11. The first-order valence-electron chi connectivity index (χ1n) is 9.87. The predicted molar refractivity (Wildman–Crippen MR) is 111 cm³/mol. The van der Waals surface area contributed by atoms with E-state index in [1.165, 1.54) is 6.20 Å². The van der Waals surface area contributed by atoms with E-state index in [1.807, 2.05) is 10.6 Å². The third-order valence-corrected chi connectivity index (χ3v) is 8.41. The van der Waals surface area contributed by atoms with Gasteiger partial charge in [-0.15, -0.1) is 0 Å². The van der Waals surface area contributed by atoms with Gasteiger partial charge in [-0.05, 0) is 37.0 Å². The summed E-state index contributed by atoms with van der Waals surface area (Å²) in [6.07, 6.45) is 7.17. The van der Waals surface area contributed by atoms with Crippen LogP contribution >= 0.6 is 11.6 Å². The molecule has 0 radical (unpaired) electrons. The Morgan fingerprint density at radius 3 is 2.83 bits per heavy atom. The van der Waals surface area contributed by atoms with Gasteiger partial charge in [0.05, 0.1) is 46.4 Å². The zero-order valence-corrected chi connectivity index (χ0v) is 17.5. The fourth-order valence-corrected chi connectivity index (χ4v) is 6.73. The number of sulfone groups is 1. The van der Waals surface area contributed by atoms with E-state index in [4.69, 9.17) is 16.6 Å². The van der Waals surface area contributed by atoms with E-state index in [0.29, 0.717) is 28.4 Å². The van der Waals surface area contributed by atoms with Gasteiger partial charge in [-0.1, -0.05) is 11.6 Å². The van der Waals surface area contributed by atoms with Gasteiger partial charge in [-0.3, -0.25) is 9.78 Å². The lowest BCUT2D eigenvalue weighted by atomic mass is 9.99. The van der Waals surface area contributed by atoms with Gasteiger partial charge in [0.15, 0.2) is 15.5 Å². The number of anilines is 1. The molecule has 154 valence electrons. The maximum atomic E-state index is 13.3. The largest absolute Gasteiger partial charge is 0.307 e. The lowest BCUT2D eigenvalue weighted by Gasteiger charge is -2.20. The Hall–Kier alpha value is -2.52. The average Bonchev–Trinajstić information content (AvgIpc) is 3.27. The van der Waals surface area contributed by atoms with Crippen molar-refractivity contribution < 1.29 is 13.2 Å². The Morgan fingerprint density at radius 1 is 1.27 bits per heavy atom. The summed E-state index contributed by atoms with van der Waals surface area (Å²) in [5.74, 6) is 0.867. The minimum Gasteiger partial charge on any atom is -0.307 e. The number of carbonyl (C=O) groups excluding carboxylic acids is 1. The molecule has 1 amide bonds. The highest BCUT2D eigenvalue weighted by Gasteiger charge is 2.59. The molecule has 1 unspecified atom stereocenters. The van der Waals surface area contributed by atoms with Crippen LogP contribution in [0.25, 0.3) is 11.2 Å². The molecule has 2 fully saturated rings. The van der Waals surface area contributed by atoms with Gasteiger partial charge in [-0.2, -0.15) is 0 Å². The normalized spacial score (nSPS) is 23.4. The van der Waals surface area contributed by atoms with Crippen molar-refractivity contribution in [1.29, 1.82) is 0 Å². The Morgan fingerprint density at radius 2 is 2.10 bits per heavy atom. The van der Waals surface area contributed by atoms with Crippen molar-refractivity contribution in [2.45, 2.75) is 37.3 Å². The minimum atomic E-state index is -3.10. The molecule has 2 aliphatic heterocycles. The standard InChI is InChI=1S/C20H18ClN5O3S/c21-12-7-15-18(23-8-12)26(13-2-6-30(28,29)11-13)17(24-15)10-25-16-9-22-5-1-14(16)20(3-4-20)19(25)27/h1,5,7-9,13H,2-4,6,10-11H2. The second-order valence-corrected chi connectivity index (χ2v) is 11.0. The molecule has 10 heteroatoms. The summed E-state index contributed by atoms with van der Waals surface area (Å²) in [6.45, 7) is 0.240. The van der Waals surface area contributed by atoms with Crippen LogP contribution < -0.4 is 4.90 Å². The quantitative estimate of drug-likeness (QED) is 0.616. The van der Waals surface area contributed by atoms with Crippen LogP contribution in [-0.4, -0.2) is 45.3 Å². The van der Waals surface area contributed by atoms with Crippen LogP contribution in [0.2, 0.25) is 5.02 Å². The molecule has 5 heterocycles. The SMILES string of the molecule is O=C1N(Cc2nc3cc(Cl)cnc3n2C2CCS(=O)(=O)C2)c2cnccc2C12CC2. The molecular formula is C20H18ClN5O3S. The number of hydrogen-bond acceptors (Lipinski definition) is 6. The fraction of sp³-hybridized carbons (Fsp3) is 0.400. The number of carbonyl (C=O) groups is 1. The molecule has 1 saturated carbocycles. The lowest BCUT2D eigenvalue weighted by molar-refractivity contribution is -0.120. The molecule has 6 rings (SSSR count). The number of hydrogen-bond donors (Lipinski definition) is 0. The molecule has 3 aliphatic rings. The third kappa shape index (κ3) is 2.54. The predicted octanol–water partition coefficient (Wildman–Crippen LogP) is 2.42. The molecule has 0 bridgehead atoms. The van der Waals surface area contributed by atoms with E-state index in [9.17, 15) is 13.2 Å². The van der Waals surface area contributed by atoms with Crippen molar-refractivity contribution in [1.82, 2.24) is 19.5 Å². The molecule has 0 N–H and O–H groups in total. The molecule has 3 aromatic heterocycles. The van der Waals surface area contributed by atoms with E-state index >= 15 is 0 Å². The first-order valence-corrected chi connectivity index (χ1v) is 12.1. The van der Waals surface area contributed by atoms with Gasteiger partial charge in [0.1, 0.15) is 11.3 Å². The van der Waals surface area contributed by atoms with Crippen molar-refractivity contribution in [2.75, 3.05) is 16.4 Å². The molecule has 8 nitrogen and oxygen atoms in total. The Balaban J connectivity index is 1.47. The highest BCUT2D eigenvalue weighted by atomic mass is 35.5. The summed E-state index contributed by atoms with van der Waals surface area (Å²) in [4.78, 5) is 28.4. The number of pyridine rings is 2. The van der Waals surface area contributed by atoms with Crippen LogP contribution in [0.1, 0.15) is 36.7 Å². The van der Waals surface area contributed by atoms with E-state index in [-0.39, 0.29) is 30.0 Å². The molecule has 3 aromatic rings. The van der Waals surface area contributed by atoms with Crippen LogP contribution in [0.15, 0.2) is 30.7 Å². The highest BCUT2D eigenvalue weighted by molar-refractivity contribution is 7.91. The molecule has 1 spiro atoms. The summed E-state index contributed by atoms with van der Waals surface area (Å²) in [6, 6.07) is 3.38. The number of halogens is 1. The summed E-state index contributed by atoms with van der Waals surface area (Å²) in [5.41, 5.74) is 2.60. The fourth-order valence-electron chi connectivity index (χ4n) is 4.87. The van der Waals surface area contributed by atoms with E-state index in [1.54, 1.807) is 23.4 Å². The van der Waals surface area contributed by atoms with Crippen molar-refractivity contribution in [2.24, 2.45) is 0 Å². The molecule has 1 atom stereocenters. The monoisotopic (exact) mass is 443 g/mol. The van der Waals surface area contributed by atoms with Crippen molar-refractivity contribution >= 4 is 44.2 Å². The van der Waals surface area contributed by atoms with Crippen molar-refractivity contribution in [3.8, 4) is 0 Å². The topological polar surface area (TPSA) is 98.0 Å². The van der Waals surface area contributed by atoms with Crippen LogP contribution in [0, 0.1) is 0 Å². The number of amides is 1. The maximum absolute atomic E-state index is 13.3. The zero-order chi connectivity index (χ0) is 20.7.